The molecule has 1 aliphatic rings. The molecule has 14 heteroatoms. The number of hydrogen-bond donors (Lipinski definition) is 2. The van der Waals surface area contributed by atoms with Crippen LogP contribution in [-0.2, 0) is 11.3 Å². The van der Waals surface area contributed by atoms with Gasteiger partial charge in [-0.1, -0.05) is 12.1 Å². The fourth-order valence-electron chi connectivity index (χ4n) is 4.97. The largest absolute Gasteiger partial charge is 0.471 e. The zero-order chi connectivity index (χ0) is 31.8. The third-order valence-corrected chi connectivity index (χ3v) is 6.72. The maximum absolute atomic E-state index is 15.0. The van der Waals surface area contributed by atoms with Gasteiger partial charge < -0.3 is 20.4 Å². The van der Waals surface area contributed by atoms with Gasteiger partial charge in [0.25, 0.3) is 0 Å². The second-order valence-corrected chi connectivity index (χ2v) is 10.8. The summed E-state index contributed by atoms with van der Waals surface area (Å²) in [5.41, 5.74) is 0.717. The van der Waals surface area contributed by atoms with Crippen molar-refractivity contribution in [1.29, 1.82) is 0 Å². The lowest BCUT2D eigenvalue weighted by Crippen LogP contribution is -2.45. The molecule has 0 aliphatic carbocycles. The van der Waals surface area contributed by atoms with E-state index in [1.807, 2.05) is 25.9 Å². The molecular formula is C29H32F5N7O2. The van der Waals surface area contributed by atoms with Crippen LogP contribution in [0.2, 0.25) is 0 Å². The van der Waals surface area contributed by atoms with Crippen molar-refractivity contribution in [2.45, 2.75) is 52.5 Å². The summed E-state index contributed by atoms with van der Waals surface area (Å²) in [4.78, 5) is 37.9. The molecule has 0 radical (unpaired) electrons. The molecule has 43 heavy (non-hydrogen) atoms. The summed E-state index contributed by atoms with van der Waals surface area (Å²) >= 11 is 0. The molecule has 1 atom stereocenters. The summed E-state index contributed by atoms with van der Waals surface area (Å²) in [6.45, 7) is 6.90. The van der Waals surface area contributed by atoms with Crippen molar-refractivity contribution < 1.29 is 31.5 Å². The number of halogens is 5. The van der Waals surface area contributed by atoms with Crippen molar-refractivity contribution in [2.24, 2.45) is 0 Å². The molecule has 4 rings (SSSR count). The van der Waals surface area contributed by atoms with Crippen LogP contribution >= 0.6 is 0 Å². The van der Waals surface area contributed by atoms with Crippen LogP contribution in [0, 0.1) is 18.6 Å². The number of para-hydroxylation sites is 1. The van der Waals surface area contributed by atoms with Gasteiger partial charge >= 0.3 is 18.1 Å². The first kappa shape index (κ1) is 31.6. The highest BCUT2D eigenvalue weighted by atomic mass is 19.4. The van der Waals surface area contributed by atoms with Crippen LogP contribution in [0.5, 0.6) is 0 Å². The number of anilines is 4. The Morgan fingerprint density at radius 2 is 1.74 bits per heavy atom. The minimum Gasteiger partial charge on any atom is -0.350 e. The third kappa shape index (κ3) is 6.53. The standard InChI is InChI=1S/C29H32F5N7O2/c1-15(2)40(26(42)29(32,33)34)18-11-10-16(3)19(12-18)23-20-13-35-28(43)41(24-21(30)8-7-9-22(24)31)25(20)38-27(37-23)36-17(4)14-39(5)6/h7-12,15,17H,13-14H2,1-6H3,(H,35,43)(H,36,37,38). The van der Waals surface area contributed by atoms with Crippen molar-refractivity contribution in [3.8, 4) is 11.3 Å². The van der Waals surface area contributed by atoms with Crippen molar-refractivity contribution >= 4 is 35.1 Å². The van der Waals surface area contributed by atoms with E-state index in [1.165, 1.54) is 26.0 Å². The van der Waals surface area contributed by atoms with Crippen LogP contribution in [0.4, 0.5) is 49.9 Å². The Balaban J connectivity index is 1.98. The second kappa shape index (κ2) is 12.1. The summed E-state index contributed by atoms with van der Waals surface area (Å²) in [6.07, 6.45) is -5.11. The Morgan fingerprint density at radius 1 is 1.09 bits per heavy atom. The number of hydrogen-bond acceptors (Lipinski definition) is 6. The third-order valence-electron chi connectivity index (χ3n) is 6.72. The highest BCUT2D eigenvalue weighted by Gasteiger charge is 2.44. The van der Waals surface area contributed by atoms with E-state index in [4.69, 9.17) is 0 Å². The van der Waals surface area contributed by atoms with Crippen LogP contribution in [0.3, 0.4) is 0 Å². The van der Waals surface area contributed by atoms with Gasteiger partial charge in [0.1, 0.15) is 17.3 Å². The Morgan fingerprint density at radius 3 is 2.33 bits per heavy atom. The Labute approximate surface area is 245 Å². The normalized spacial score (nSPS) is 14.1. The van der Waals surface area contributed by atoms with Gasteiger partial charge in [-0.3, -0.25) is 4.79 Å². The number of rotatable bonds is 8. The lowest BCUT2D eigenvalue weighted by molar-refractivity contribution is -0.170. The SMILES string of the molecule is Cc1ccc(N(C(=O)C(F)(F)F)C(C)C)cc1-c1nc(NC(C)CN(C)C)nc2c1CNC(=O)N2c1c(F)cccc1F. The van der Waals surface area contributed by atoms with Gasteiger partial charge in [-0.25, -0.2) is 23.5 Å². The minimum atomic E-state index is -5.11. The molecule has 2 aromatic carbocycles. The summed E-state index contributed by atoms with van der Waals surface area (Å²) in [6, 6.07) is 5.64. The number of urea groups is 1. The molecule has 9 nitrogen and oxygen atoms in total. The van der Waals surface area contributed by atoms with E-state index in [2.05, 4.69) is 20.6 Å². The van der Waals surface area contributed by atoms with E-state index in [0.717, 1.165) is 23.1 Å². The highest BCUT2D eigenvalue weighted by molar-refractivity contribution is 6.02. The topological polar surface area (TPSA) is 93.7 Å². The number of aryl methyl sites for hydroxylation is 1. The van der Waals surface area contributed by atoms with Crippen LogP contribution < -0.4 is 20.4 Å². The van der Waals surface area contributed by atoms with Gasteiger partial charge in [-0.15, -0.1) is 0 Å². The van der Waals surface area contributed by atoms with Crippen molar-refractivity contribution in [1.82, 2.24) is 20.2 Å². The molecular weight excluding hydrogens is 573 g/mol. The number of aromatic nitrogens is 2. The summed E-state index contributed by atoms with van der Waals surface area (Å²) < 4.78 is 70.5. The van der Waals surface area contributed by atoms with E-state index >= 15 is 0 Å². The first-order valence-electron chi connectivity index (χ1n) is 13.5. The number of fused-ring (bicyclic) bond motifs is 1. The van der Waals surface area contributed by atoms with E-state index in [0.29, 0.717) is 22.6 Å². The smallest absolute Gasteiger partial charge is 0.350 e. The Hall–Kier alpha value is -4.33. The quantitative estimate of drug-likeness (QED) is 0.318. The predicted octanol–water partition coefficient (Wildman–Crippen LogP) is 5.76. The van der Waals surface area contributed by atoms with Crippen LogP contribution in [-0.4, -0.2) is 65.7 Å². The summed E-state index contributed by atoms with van der Waals surface area (Å²) in [5, 5.41) is 5.72. The van der Waals surface area contributed by atoms with Gasteiger partial charge in [0.05, 0.1) is 12.2 Å². The van der Waals surface area contributed by atoms with Crippen LogP contribution in [0.15, 0.2) is 36.4 Å². The van der Waals surface area contributed by atoms with Gasteiger partial charge in [0.2, 0.25) is 5.95 Å². The fraction of sp³-hybridized carbons (Fsp3) is 0.379. The first-order valence-corrected chi connectivity index (χ1v) is 13.5. The minimum absolute atomic E-state index is 0.0245. The molecule has 1 aliphatic heterocycles. The van der Waals surface area contributed by atoms with Gasteiger partial charge in [-0.05, 0) is 71.6 Å². The number of likely N-dealkylation sites (N-methyl/N-ethyl adjacent to an activating group) is 1. The van der Waals surface area contributed by atoms with Crippen molar-refractivity contribution in [3.63, 3.8) is 0 Å². The van der Waals surface area contributed by atoms with Crippen LogP contribution in [0.1, 0.15) is 31.9 Å². The molecule has 230 valence electrons. The number of carbonyl (C=O) groups excluding carboxylic acids is 2. The summed E-state index contributed by atoms with van der Waals surface area (Å²) in [5.74, 6) is -4.12. The van der Waals surface area contributed by atoms with Gasteiger partial charge in [-0.2, -0.15) is 18.2 Å². The maximum Gasteiger partial charge on any atom is 0.471 e. The number of carbonyl (C=O) groups is 2. The second-order valence-electron chi connectivity index (χ2n) is 10.8. The predicted molar refractivity (Wildman–Crippen MR) is 153 cm³/mol. The van der Waals surface area contributed by atoms with E-state index in [-0.39, 0.29) is 41.3 Å². The van der Waals surface area contributed by atoms with Gasteiger partial charge in [0.15, 0.2) is 5.82 Å². The number of benzene rings is 2. The monoisotopic (exact) mass is 605 g/mol. The molecule has 3 amide bonds. The number of nitrogens with one attached hydrogen (secondary N) is 2. The van der Waals surface area contributed by atoms with Crippen molar-refractivity contribution in [3.05, 3.63) is 59.2 Å². The highest BCUT2D eigenvalue weighted by Crippen LogP contribution is 2.40. The first-order chi connectivity index (χ1) is 20.1. The average molecular weight is 606 g/mol. The molecule has 2 heterocycles. The molecule has 0 spiro atoms. The Bertz CT molecular complexity index is 1520. The zero-order valence-corrected chi connectivity index (χ0v) is 24.5. The molecule has 1 unspecified atom stereocenters. The molecule has 0 fully saturated rings. The molecule has 1 aromatic heterocycles. The lowest BCUT2D eigenvalue weighted by atomic mass is 9.98. The molecule has 3 aromatic rings. The van der Waals surface area contributed by atoms with E-state index in [9.17, 15) is 31.5 Å². The van der Waals surface area contributed by atoms with Crippen molar-refractivity contribution in [2.75, 3.05) is 35.8 Å². The van der Waals surface area contributed by atoms with Crippen LogP contribution in [0.25, 0.3) is 11.3 Å². The maximum atomic E-state index is 15.0. The zero-order valence-electron chi connectivity index (χ0n) is 24.5. The number of alkyl halides is 3. The molecule has 2 N–H and O–H groups in total. The number of amides is 3. The average Bonchev–Trinajstić information content (AvgIpc) is 2.89. The van der Waals surface area contributed by atoms with Gasteiger partial charge in [0, 0.05) is 35.4 Å². The van der Waals surface area contributed by atoms with E-state index < -0.39 is 41.5 Å². The fourth-order valence-corrected chi connectivity index (χ4v) is 4.97. The molecule has 0 saturated heterocycles. The number of nitrogens with zero attached hydrogens (tertiary/aromatic N) is 5. The molecule has 0 bridgehead atoms. The Kier molecular flexibility index (Phi) is 8.90. The molecule has 0 saturated carbocycles. The lowest BCUT2D eigenvalue weighted by Gasteiger charge is -2.32. The summed E-state index contributed by atoms with van der Waals surface area (Å²) in [7, 11) is 3.73. The van der Waals surface area contributed by atoms with E-state index in [1.54, 1.807) is 13.0 Å².